The summed E-state index contributed by atoms with van der Waals surface area (Å²) in [5.41, 5.74) is 4.24. The van der Waals surface area contributed by atoms with Crippen LogP contribution in [0.25, 0.3) is 11.0 Å². The maximum Gasteiger partial charge on any atom is 0.251 e. The summed E-state index contributed by atoms with van der Waals surface area (Å²) in [5, 5.41) is 2.97. The van der Waals surface area contributed by atoms with Gasteiger partial charge < -0.3 is 9.88 Å². The van der Waals surface area contributed by atoms with E-state index in [1.807, 2.05) is 61.5 Å². The molecule has 1 amide bonds. The van der Waals surface area contributed by atoms with Gasteiger partial charge in [-0.15, -0.1) is 0 Å². The molecule has 1 heterocycles. The van der Waals surface area contributed by atoms with E-state index in [0.29, 0.717) is 30.6 Å². The lowest BCUT2D eigenvalue weighted by Crippen LogP contribution is -2.25. The molecular weight excluding hydrogens is 377 g/mol. The molecule has 4 nitrogen and oxygen atoms in total. The highest BCUT2D eigenvalue weighted by molar-refractivity contribution is 5.94. The summed E-state index contributed by atoms with van der Waals surface area (Å²) in [7, 11) is 0. The Morgan fingerprint density at radius 2 is 1.83 bits per heavy atom. The molecule has 1 N–H and O–H groups in total. The molecule has 30 heavy (non-hydrogen) atoms. The Labute approximate surface area is 175 Å². The van der Waals surface area contributed by atoms with Crippen LogP contribution in [0, 0.1) is 12.7 Å². The highest BCUT2D eigenvalue weighted by atomic mass is 19.1. The Morgan fingerprint density at radius 3 is 2.67 bits per heavy atom. The van der Waals surface area contributed by atoms with Gasteiger partial charge in [0.1, 0.15) is 11.6 Å². The molecule has 0 atom stereocenters. The maximum absolute atomic E-state index is 14.2. The van der Waals surface area contributed by atoms with Gasteiger partial charge in [-0.25, -0.2) is 9.37 Å². The van der Waals surface area contributed by atoms with Crippen LogP contribution in [0.1, 0.15) is 33.7 Å². The van der Waals surface area contributed by atoms with Crippen LogP contribution in [-0.4, -0.2) is 22.0 Å². The predicted octanol–water partition coefficient (Wildman–Crippen LogP) is 4.89. The molecule has 4 aromatic rings. The van der Waals surface area contributed by atoms with Crippen LogP contribution in [0.5, 0.6) is 0 Å². The van der Waals surface area contributed by atoms with Gasteiger partial charge in [0.05, 0.1) is 17.6 Å². The molecule has 5 heteroatoms. The molecule has 0 aliphatic carbocycles. The number of fused-ring (bicyclic) bond motifs is 1. The lowest BCUT2D eigenvalue weighted by atomic mass is 10.1. The molecule has 0 aliphatic heterocycles. The van der Waals surface area contributed by atoms with E-state index in [1.54, 1.807) is 12.1 Å². The summed E-state index contributed by atoms with van der Waals surface area (Å²) in [4.78, 5) is 17.1. The average molecular weight is 401 g/mol. The van der Waals surface area contributed by atoms with Crippen LogP contribution in [-0.2, 0) is 13.0 Å². The smallest absolute Gasteiger partial charge is 0.251 e. The van der Waals surface area contributed by atoms with E-state index in [2.05, 4.69) is 9.88 Å². The SMILES string of the molecule is Cc1cccc(C(=O)NCCCc2nc3ccccc3n2Cc2ccccc2F)c1. The number of imidazole rings is 1. The van der Waals surface area contributed by atoms with Gasteiger partial charge in [0, 0.05) is 24.1 Å². The number of hydrogen-bond acceptors (Lipinski definition) is 2. The molecule has 0 radical (unpaired) electrons. The third-order valence-electron chi connectivity index (χ3n) is 5.16. The van der Waals surface area contributed by atoms with E-state index in [0.717, 1.165) is 28.8 Å². The van der Waals surface area contributed by atoms with Crippen LogP contribution in [0.3, 0.4) is 0 Å². The Kier molecular flexibility index (Phi) is 5.89. The largest absolute Gasteiger partial charge is 0.352 e. The highest BCUT2D eigenvalue weighted by Crippen LogP contribution is 2.20. The van der Waals surface area contributed by atoms with E-state index in [4.69, 9.17) is 4.98 Å². The van der Waals surface area contributed by atoms with Gasteiger partial charge in [-0.2, -0.15) is 0 Å². The van der Waals surface area contributed by atoms with Crippen molar-refractivity contribution in [2.75, 3.05) is 6.54 Å². The molecule has 0 bridgehead atoms. The number of amides is 1. The second kappa shape index (κ2) is 8.91. The second-order valence-corrected chi connectivity index (χ2v) is 7.42. The monoisotopic (exact) mass is 401 g/mol. The van der Waals surface area contributed by atoms with Crippen molar-refractivity contribution in [3.05, 3.63) is 101 Å². The summed E-state index contributed by atoms with van der Waals surface area (Å²) >= 11 is 0. The number of rotatable bonds is 7. The Morgan fingerprint density at radius 1 is 1.03 bits per heavy atom. The van der Waals surface area contributed by atoms with Gasteiger partial charge in [0.25, 0.3) is 5.91 Å². The highest BCUT2D eigenvalue weighted by Gasteiger charge is 2.13. The molecule has 1 aromatic heterocycles. The molecule has 0 fully saturated rings. The molecular formula is C25H24FN3O. The molecule has 0 unspecified atom stereocenters. The molecule has 152 valence electrons. The quantitative estimate of drug-likeness (QED) is 0.448. The normalized spacial score (nSPS) is 11.0. The summed E-state index contributed by atoms with van der Waals surface area (Å²) in [6.07, 6.45) is 1.44. The third kappa shape index (κ3) is 4.40. The Balaban J connectivity index is 1.46. The molecule has 0 spiro atoms. The first-order valence-corrected chi connectivity index (χ1v) is 10.1. The van der Waals surface area contributed by atoms with Crippen LogP contribution >= 0.6 is 0 Å². The van der Waals surface area contributed by atoms with Crippen LogP contribution in [0.2, 0.25) is 0 Å². The number of carbonyl (C=O) groups is 1. The van der Waals surface area contributed by atoms with Crippen molar-refractivity contribution in [2.45, 2.75) is 26.3 Å². The van der Waals surface area contributed by atoms with Crippen molar-refractivity contribution in [1.29, 1.82) is 0 Å². The first-order valence-electron chi connectivity index (χ1n) is 10.1. The number of halogens is 1. The minimum absolute atomic E-state index is 0.0708. The number of aromatic nitrogens is 2. The number of hydrogen-bond donors (Lipinski definition) is 1. The summed E-state index contributed by atoms with van der Waals surface area (Å²) in [6, 6.07) is 22.3. The number of nitrogens with zero attached hydrogens (tertiary/aromatic N) is 2. The van der Waals surface area contributed by atoms with Crippen molar-refractivity contribution < 1.29 is 9.18 Å². The van der Waals surface area contributed by atoms with Gasteiger partial charge in [-0.3, -0.25) is 4.79 Å². The van der Waals surface area contributed by atoms with Crippen molar-refractivity contribution in [1.82, 2.24) is 14.9 Å². The standard InChI is InChI=1S/C25H24FN3O/c1-18-8-6-10-19(16-18)25(30)27-15-7-14-24-28-22-12-4-5-13-23(22)29(24)17-20-9-2-3-11-21(20)26/h2-6,8-13,16H,7,14-15,17H2,1H3,(H,27,30). The second-order valence-electron chi connectivity index (χ2n) is 7.42. The fourth-order valence-electron chi connectivity index (χ4n) is 3.63. The average Bonchev–Trinajstić information content (AvgIpc) is 3.10. The number of benzene rings is 3. The molecule has 0 aliphatic rings. The first-order chi connectivity index (χ1) is 14.6. The summed E-state index contributed by atoms with van der Waals surface area (Å²) < 4.78 is 16.3. The first kappa shape index (κ1) is 19.8. The van der Waals surface area contributed by atoms with E-state index in [-0.39, 0.29) is 11.7 Å². The van der Waals surface area contributed by atoms with E-state index in [1.165, 1.54) is 6.07 Å². The molecule has 0 saturated heterocycles. The van der Waals surface area contributed by atoms with Crippen LogP contribution in [0.4, 0.5) is 4.39 Å². The van der Waals surface area contributed by atoms with Gasteiger partial charge in [0.2, 0.25) is 0 Å². The zero-order valence-electron chi connectivity index (χ0n) is 16.9. The maximum atomic E-state index is 14.2. The van der Waals surface area contributed by atoms with E-state index >= 15 is 0 Å². The van der Waals surface area contributed by atoms with E-state index in [9.17, 15) is 9.18 Å². The number of para-hydroxylation sites is 2. The van der Waals surface area contributed by atoms with E-state index < -0.39 is 0 Å². The van der Waals surface area contributed by atoms with Gasteiger partial charge in [0.15, 0.2) is 0 Å². The summed E-state index contributed by atoms with van der Waals surface area (Å²) in [5.74, 6) is 0.606. The zero-order valence-corrected chi connectivity index (χ0v) is 16.9. The van der Waals surface area contributed by atoms with Gasteiger partial charge in [-0.05, 0) is 43.7 Å². The molecule has 4 rings (SSSR count). The van der Waals surface area contributed by atoms with Crippen molar-refractivity contribution in [3.8, 4) is 0 Å². The van der Waals surface area contributed by atoms with Crippen LogP contribution in [0.15, 0.2) is 72.8 Å². The summed E-state index contributed by atoms with van der Waals surface area (Å²) in [6.45, 7) is 2.95. The number of carbonyl (C=O) groups excluding carboxylic acids is 1. The minimum Gasteiger partial charge on any atom is -0.352 e. The fourth-order valence-corrected chi connectivity index (χ4v) is 3.63. The Hall–Kier alpha value is -3.47. The molecule has 0 saturated carbocycles. The zero-order chi connectivity index (χ0) is 20.9. The lowest BCUT2D eigenvalue weighted by Gasteiger charge is -2.11. The van der Waals surface area contributed by atoms with Crippen molar-refractivity contribution >= 4 is 16.9 Å². The van der Waals surface area contributed by atoms with Gasteiger partial charge in [-0.1, -0.05) is 48.0 Å². The molecule has 3 aromatic carbocycles. The lowest BCUT2D eigenvalue weighted by molar-refractivity contribution is 0.0953. The third-order valence-corrected chi connectivity index (χ3v) is 5.16. The fraction of sp³-hybridized carbons (Fsp3) is 0.200. The topological polar surface area (TPSA) is 46.9 Å². The van der Waals surface area contributed by atoms with Crippen molar-refractivity contribution in [2.24, 2.45) is 0 Å². The predicted molar refractivity (Wildman–Crippen MR) is 117 cm³/mol. The van der Waals surface area contributed by atoms with Crippen molar-refractivity contribution in [3.63, 3.8) is 0 Å². The Bertz CT molecular complexity index is 1180. The number of nitrogens with one attached hydrogen (secondary N) is 1. The number of aryl methyl sites for hydroxylation is 2. The van der Waals surface area contributed by atoms with Gasteiger partial charge >= 0.3 is 0 Å². The minimum atomic E-state index is -0.216. The van der Waals surface area contributed by atoms with Crippen LogP contribution < -0.4 is 5.32 Å².